The number of carbonyl (C=O) groups is 1. The Balaban J connectivity index is 3.03. The number of nitrogens with zero attached hydrogens (tertiary/aromatic N) is 1. The summed E-state index contributed by atoms with van der Waals surface area (Å²) < 4.78 is 29.6. The minimum Gasteiger partial charge on any atom is -0.506 e. The Kier molecular flexibility index (Phi) is 4.62. The number of esters is 1. The number of pyridine rings is 1. The van der Waals surface area contributed by atoms with E-state index in [1.807, 2.05) is 0 Å². The third-order valence-corrected chi connectivity index (χ3v) is 2.11. The van der Waals surface area contributed by atoms with Crippen LogP contribution in [0.5, 0.6) is 5.75 Å². The van der Waals surface area contributed by atoms with Crippen molar-refractivity contribution >= 4 is 17.6 Å². The normalized spacial score (nSPS) is 10.6. The van der Waals surface area contributed by atoms with Crippen molar-refractivity contribution in [3.8, 4) is 5.75 Å². The first-order valence-corrected chi connectivity index (χ1v) is 5.15. The monoisotopic (exact) mass is 265 g/mol. The fourth-order valence-electron chi connectivity index (χ4n) is 1.22. The van der Waals surface area contributed by atoms with Gasteiger partial charge in [-0.1, -0.05) is 11.6 Å². The van der Waals surface area contributed by atoms with Gasteiger partial charge in [-0.3, -0.25) is 4.79 Å². The molecule has 17 heavy (non-hydrogen) atoms. The lowest BCUT2D eigenvalue weighted by molar-refractivity contribution is -0.142. The molecule has 0 aliphatic heterocycles. The molecule has 0 aliphatic rings. The zero-order valence-electron chi connectivity index (χ0n) is 8.91. The average molecular weight is 266 g/mol. The van der Waals surface area contributed by atoms with Gasteiger partial charge >= 0.3 is 5.97 Å². The lowest BCUT2D eigenvalue weighted by Gasteiger charge is -2.09. The van der Waals surface area contributed by atoms with Crippen LogP contribution in [-0.4, -0.2) is 22.7 Å². The Bertz CT molecular complexity index is 426. The van der Waals surface area contributed by atoms with Gasteiger partial charge in [0.15, 0.2) is 0 Å². The highest BCUT2D eigenvalue weighted by Crippen LogP contribution is 2.32. The fourth-order valence-corrected chi connectivity index (χ4v) is 1.44. The van der Waals surface area contributed by atoms with Crippen molar-refractivity contribution in [1.29, 1.82) is 0 Å². The molecule has 94 valence electrons. The third-order valence-electron chi connectivity index (χ3n) is 1.92. The summed E-state index contributed by atoms with van der Waals surface area (Å²) in [4.78, 5) is 14.8. The van der Waals surface area contributed by atoms with Crippen LogP contribution in [0.3, 0.4) is 0 Å². The van der Waals surface area contributed by atoms with Gasteiger partial charge in [-0.15, -0.1) is 0 Å². The molecule has 0 spiro atoms. The molecule has 0 fully saturated rings. The van der Waals surface area contributed by atoms with Gasteiger partial charge < -0.3 is 9.84 Å². The van der Waals surface area contributed by atoms with E-state index in [1.165, 1.54) is 0 Å². The minimum atomic E-state index is -2.89. The zero-order chi connectivity index (χ0) is 13.0. The lowest BCUT2D eigenvalue weighted by atomic mass is 10.1. The molecule has 0 atom stereocenters. The van der Waals surface area contributed by atoms with Crippen LogP contribution in [0.4, 0.5) is 8.78 Å². The van der Waals surface area contributed by atoms with Gasteiger partial charge in [-0.05, 0) is 13.0 Å². The number of ether oxygens (including phenoxy) is 1. The van der Waals surface area contributed by atoms with Crippen LogP contribution in [0.15, 0.2) is 6.07 Å². The molecule has 7 heteroatoms. The predicted molar refractivity (Wildman–Crippen MR) is 56.2 cm³/mol. The summed E-state index contributed by atoms with van der Waals surface area (Å²) in [5.41, 5.74) is -0.865. The Labute approximate surface area is 101 Å². The molecule has 0 unspecified atom stereocenters. The maximum atomic E-state index is 12.5. The molecular formula is C10H10ClF2NO3. The van der Waals surface area contributed by atoms with Gasteiger partial charge in [0, 0.05) is 0 Å². The van der Waals surface area contributed by atoms with Crippen molar-refractivity contribution in [1.82, 2.24) is 4.98 Å². The summed E-state index contributed by atoms with van der Waals surface area (Å²) in [5.74, 6) is -1.39. The van der Waals surface area contributed by atoms with Crippen LogP contribution in [0, 0.1) is 0 Å². The maximum Gasteiger partial charge on any atom is 0.312 e. The molecule has 1 rings (SSSR count). The summed E-state index contributed by atoms with van der Waals surface area (Å²) in [7, 11) is 0. The van der Waals surface area contributed by atoms with E-state index >= 15 is 0 Å². The Hall–Kier alpha value is -1.43. The second kappa shape index (κ2) is 5.77. The standard InChI is InChI=1S/C10H10ClF2NO3/c1-2-17-8(15)4-6-9(16)5(10(12)13)3-7(11)14-6/h3,10,16H,2,4H2,1H3. The second-order valence-corrected chi connectivity index (χ2v) is 3.50. The highest BCUT2D eigenvalue weighted by molar-refractivity contribution is 6.29. The number of carbonyl (C=O) groups excluding carboxylic acids is 1. The summed E-state index contributed by atoms with van der Waals surface area (Å²) in [6.07, 6.45) is -3.30. The average Bonchev–Trinajstić information content (AvgIpc) is 2.22. The van der Waals surface area contributed by atoms with E-state index in [9.17, 15) is 18.7 Å². The topological polar surface area (TPSA) is 59.4 Å². The Morgan fingerprint density at radius 2 is 2.29 bits per heavy atom. The van der Waals surface area contributed by atoms with E-state index < -0.39 is 30.1 Å². The molecule has 1 aromatic rings. The van der Waals surface area contributed by atoms with Gasteiger partial charge in [-0.25, -0.2) is 13.8 Å². The van der Waals surface area contributed by atoms with Crippen LogP contribution in [0.2, 0.25) is 5.15 Å². The van der Waals surface area contributed by atoms with Crippen molar-refractivity contribution < 1.29 is 23.4 Å². The molecule has 0 radical (unpaired) electrons. The number of aromatic hydroxyl groups is 1. The maximum absolute atomic E-state index is 12.5. The molecule has 0 saturated carbocycles. The first-order valence-electron chi connectivity index (χ1n) is 4.77. The molecule has 0 aliphatic carbocycles. The SMILES string of the molecule is CCOC(=O)Cc1nc(Cl)cc(C(F)F)c1O. The molecule has 0 aromatic carbocycles. The van der Waals surface area contributed by atoms with Crippen LogP contribution in [0.1, 0.15) is 24.6 Å². The van der Waals surface area contributed by atoms with Gasteiger partial charge in [0.2, 0.25) is 0 Å². The van der Waals surface area contributed by atoms with Crippen molar-refractivity contribution in [2.24, 2.45) is 0 Å². The fraction of sp³-hybridized carbons (Fsp3) is 0.400. The van der Waals surface area contributed by atoms with E-state index in [0.29, 0.717) is 0 Å². The molecule has 0 bridgehead atoms. The van der Waals surface area contributed by atoms with E-state index in [-0.39, 0.29) is 17.5 Å². The molecular weight excluding hydrogens is 256 g/mol. The Morgan fingerprint density at radius 1 is 1.65 bits per heavy atom. The van der Waals surface area contributed by atoms with Crippen molar-refractivity contribution in [2.45, 2.75) is 19.8 Å². The Morgan fingerprint density at radius 3 is 2.82 bits per heavy atom. The molecule has 1 N–H and O–H groups in total. The molecule has 1 aromatic heterocycles. The smallest absolute Gasteiger partial charge is 0.312 e. The first-order chi connectivity index (χ1) is 7.95. The molecule has 4 nitrogen and oxygen atoms in total. The summed E-state index contributed by atoms with van der Waals surface area (Å²) in [6.45, 7) is 1.76. The van der Waals surface area contributed by atoms with E-state index in [4.69, 9.17) is 11.6 Å². The summed E-state index contributed by atoms with van der Waals surface area (Å²) in [6, 6.07) is 0.857. The first kappa shape index (κ1) is 13.6. The number of hydrogen-bond donors (Lipinski definition) is 1. The zero-order valence-corrected chi connectivity index (χ0v) is 9.67. The van der Waals surface area contributed by atoms with Gasteiger partial charge in [-0.2, -0.15) is 0 Å². The quantitative estimate of drug-likeness (QED) is 0.671. The second-order valence-electron chi connectivity index (χ2n) is 3.11. The van der Waals surface area contributed by atoms with E-state index in [0.717, 1.165) is 6.07 Å². The van der Waals surface area contributed by atoms with Crippen LogP contribution in [0.25, 0.3) is 0 Å². The van der Waals surface area contributed by atoms with E-state index in [1.54, 1.807) is 6.92 Å². The number of alkyl halides is 2. The number of halogens is 3. The van der Waals surface area contributed by atoms with Gasteiger partial charge in [0.05, 0.1) is 24.3 Å². The summed E-state index contributed by atoms with van der Waals surface area (Å²) >= 11 is 5.52. The van der Waals surface area contributed by atoms with Gasteiger partial charge in [0.1, 0.15) is 10.9 Å². The van der Waals surface area contributed by atoms with Gasteiger partial charge in [0.25, 0.3) is 6.43 Å². The highest BCUT2D eigenvalue weighted by Gasteiger charge is 2.20. The number of hydrogen-bond acceptors (Lipinski definition) is 4. The number of rotatable bonds is 4. The van der Waals surface area contributed by atoms with Crippen LogP contribution in [-0.2, 0) is 16.0 Å². The van der Waals surface area contributed by atoms with Crippen molar-refractivity contribution in [2.75, 3.05) is 6.61 Å². The van der Waals surface area contributed by atoms with Crippen molar-refractivity contribution in [3.63, 3.8) is 0 Å². The predicted octanol–water partition coefficient (Wildman–Crippen LogP) is 2.48. The molecule has 1 heterocycles. The minimum absolute atomic E-state index is 0.155. The highest BCUT2D eigenvalue weighted by atomic mass is 35.5. The largest absolute Gasteiger partial charge is 0.506 e. The van der Waals surface area contributed by atoms with Crippen LogP contribution >= 0.6 is 11.6 Å². The molecule has 0 amide bonds. The van der Waals surface area contributed by atoms with Crippen LogP contribution < -0.4 is 0 Å². The van der Waals surface area contributed by atoms with E-state index in [2.05, 4.69) is 9.72 Å². The number of aromatic nitrogens is 1. The summed E-state index contributed by atoms with van der Waals surface area (Å²) in [5, 5.41) is 9.28. The lowest BCUT2D eigenvalue weighted by Crippen LogP contribution is -2.09. The molecule has 0 saturated heterocycles. The van der Waals surface area contributed by atoms with Crippen molar-refractivity contribution in [3.05, 3.63) is 22.5 Å². The third kappa shape index (κ3) is 3.52.